The first-order valence-electron chi connectivity index (χ1n) is 6.21. The first-order chi connectivity index (χ1) is 9.65. The molecule has 0 aliphatic heterocycles. The lowest BCUT2D eigenvalue weighted by Gasteiger charge is -2.08. The van der Waals surface area contributed by atoms with Crippen LogP contribution < -0.4 is 0 Å². The van der Waals surface area contributed by atoms with Crippen LogP contribution in [0.15, 0.2) is 54.7 Å². The zero-order chi connectivity index (χ0) is 14.1. The fourth-order valence-electron chi connectivity index (χ4n) is 2.36. The molecule has 0 unspecified atom stereocenters. The van der Waals surface area contributed by atoms with E-state index in [1.54, 1.807) is 24.3 Å². The number of aromatic nitrogens is 1. The van der Waals surface area contributed by atoms with Crippen LogP contribution in [0.25, 0.3) is 10.9 Å². The first kappa shape index (κ1) is 12.4. The van der Waals surface area contributed by atoms with Gasteiger partial charge in [0.25, 0.3) is 0 Å². The highest BCUT2D eigenvalue weighted by Gasteiger charge is 2.10. The molecule has 0 atom stereocenters. The van der Waals surface area contributed by atoms with Crippen LogP contribution >= 0.6 is 0 Å². The summed E-state index contributed by atoms with van der Waals surface area (Å²) in [6.45, 7) is 0.442. The van der Waals surface area contributed by atoms with Crippen molar-refractivity contribution in [3.63, 3.8) is 0 Å². The minimum Gasteiger partial charge on any atom is -0.478 e. The highest BCUT2D eigenvalue weighted by molar-refractivity contribution is 5.89. The third-order valence-electron chi connectivity index (χ3n) is 3.32. The van der Waals surface area contributed by atoms with Gasteiger partial charge in [0.05, 0.1) is 5.56 Å². The van der Waals surface area contributed by atoms with Crippen LogP contribution in [0.4, 0.5) is 4.39 Å². The van der Waals surface area contributed by atoms with Gasteiger partial charge in [0.2, 0.25) is 0 Å². The van der Waals surface area contributed by atoms with Crippen molar-refractivity contribution >= 4 is 16.9 Å². The number of hydrogen-bond acceptors (Lipinski definition) is 1. The minimum atomic E-state index is -0.942. The van der Waals surface area contributed by atoms with Gasteiger partial charge in [0.15, 0.2) is 0 Å². The number of carboxylic acids is 1. The molecule has 3 nitrogen and oxygen atoms in total. The van der Waals surface area contributed by atoms with Crippen molar-refractivity contribution in [2.24, 2.45) is 0 Å². The quantitative estimate of drug-likeness (QED) is 0.790. The van der Waals surface area contributed by atoms with Crippen molar-refractivity contribution < 1.29 is 14.3 Å². The number of nitrogens with zero attached hydrogens (tertiary/aromatic N) is 1. The summed E-state index contributed by atoms with van der Waals surface area (Å²) < 4.78 is 15.1. The Kier molecular flexibility index (Phi) is 2.99. The topological polar surface area (TPSA) is 42.2 Å². The molecule has 3 aromatic rings. The molecule has 0 saturated carbocycles. The second kappa shape index (κ2) is 4.81. The number of benzene rings is 2. The predicted molar refractivity (Wildman–Crippen MR) is 74.4 cm³/mol. The second-order valence-electron chi connectivity index (χ2n) is 4.61. The Labute approximate surface area is 114 Å². The Bertz CT molecular complexity index is 792. The van der Waals surface area contributed by atoms with Crippen molar-refractivity contribution in [1.82, 2.24) is 4.57 Å². The lowest BCUT2D eigenvalue weighted by atomic mass is 10.1. The smallest absolute Gasteiger partial charge is 0.336 e. The lowest BCUT2D eigenvalue weighted by Crippen LogP contribution is -2.06. The van der Waals surface area contributed by atoms with E-state index in [1.807, 2.05) is 22.9 Å². The number of rotatable bonds is 3. The van der Waals surface area contributed by atoms with E-state index in [0.717, 1.165) is 16.5 Å². The molecule has 20 heavy (non-hydrogen) atoms. The van der Waals surface area contributed by atoms with Gasteiger partial charge in [-0.25, -0.2) is 9.18 Å². The third kappa shape index (κ3) is 2.16. The SMILES string of the molecule is O=C(O)c1ccccc1Cn1ccc2cc(F)ccc21. The summed E-state index contributed by atoms with van der Waals surface area (Å²) >= 11 is 0. The van der Waals surface area contributed by atoms with Crippen molar-refractivity contribution in [3.05, 3.63) is 71.7 Å². The summed E-state index contributed by atoms with van der Waals surface area (Å²) in [5, 5.41) is 9.99. The third-order valence-corrected chi connectivity index (χ3v) is 3.32. The highest BCUT2D eigenvalue weighted by Crippen LogP contribution is 2.19. The number of aromatic carboxylic acids is 1. The van der Waals surface area contributed by atoms with Gasteiger partial charge in [-0.2, -0.15) is 0 Å². The van der Waals surface area contributed by atoms with Crippen molar-refractivity contribution in [3.8, 4) is 0 Å². The number of fused-ring (bicyclic) bond motifs is 1. The molecular formula is C16H12FNO2. The number of carboxylic acid groups (broad SMARTS) is 1. The summed E-state index contributed by atoms with van der Waals surface area (Å²) in [5.74, 6) is -1.22. The molecule has 3 rings (SSSR count). The molecule has 0 radical (unpaired) electrons. The van der Waals surface area contributed by atoms with Crippen LogP contribution in [-0.4, -0.2) is 15.6 Å². The van der Waals surface area contributed by atoms with Gasteiger partial charge in [-0.15, -0.1) is 0 Å². The number of carbonyl (C=O) groups is 1. The van der Waals surface area contributed by atoms with E-state index in [1.165, 1.54) is 12.1 Å². The summed E-state index contributed by atoms with van der Waals surface area (Å²) in [6, 6.07) is 13.3. The molecule has 0 aliphatic rings. The average molecular weight is 269 g/mol. The monoisotopic (exact) mass is 269 g/mol. The molecule has 4 heteroatoms. The molecular weight excluding hydrogens is 257 g/mol. The fraction of sp³-hybridized carbons (Fsp3) is 0.0625. The van der Waals surface area contributed by atoms with E-state index in [0.29, 0.717) is 6.54 Å². The summed E-state index contributed by atoms with van der Waals surface area (Å²) in [4.78, 5) is 11.2. The van der Waals surface area contributed by atoms with E-state index in [4.69, 9.17) is 0 Å². The molecule has 0 aliphatic carbocycles. The Morgan fingerprint density at radius 3 is 2.75 bits per heavy atom. The Morgan fingerprint density at radius 2 is 1.95 bits per heavy atom. The second-order valence-corrected chi connectivity index (χ2v) is 4.61. The Balaban J connectivity index is 2.04. The molecule has 1 aromatic heterocycles. The molecule has 0 spiro atoms. The van der Waals surface area contributed by atoms with Gasteiger partial charge in [-0.05, 0) is 35.9 Å². The Hall–Kier alpha value is -2.62. The standard InChI is InChI=1S/C16H12FNO2/c17-13-5-6-15-11(9-13)7-8-18(15)10-12-3-1-2-4-14(12)16(19)20/h1-9H,10H2,(H,19,20). The van der Waals surface area contributed by atoms with Gasteiger partial charge in [0, 0.05) is 23.6 Å². The van der Waals surface area contributed by atoms with Crippen LogP contribution in [-0.2, 0) is 6.54 Å². The maximum Gasteiger partial charge on any atom is 0.336 e. The van der Waals surface area contributed by atoms with E-state index in [-0.39, 0.29) is 11.4 Å². The maximum atomic E-state index is 13.2. The van der Waals surface area contributed by atoms with Crippen LogP contribution in [0.1, 0.15) is 15.9 Å². The highest BCUT2D eigenvalue weighted by atomic mass is 19.1. The largest absolute Gasteiger partial charge is 0.478 e. The summed E-state index contributed by atoms with van der Waals surface area (Å²) in [5.41, 5.74) is 1.89. The molecule has 0 amide bonds. The Morgan fingerprint density at radius 1 is 1.15 bits per heavy atom. The van der Waals surface area contributed by atoms with Gasteiger partial charge in [-0.1, -0.05) is 18.2 Å². The van der Waals surface area contributed by atoms with Gasteiger partial charge >= 0.3 is 5.97 Å². The zero-order valence-corrected chi connectivity index (χ0v) is 10.6. The normalized spacial score (nSPS) is 10.8. The van der Waals surface area contributed by atoms with E-state index in [2.05, 4.69) is 0 Å². The van der Waals surface area contributed by atoms with Gasteiger partial charge in [0.1, 0.15) is 5.82 Å². The van der Waals surface area contributed by atoms with Crippen LogP contribution in [0.3, 0.4) is 0 Å². The summed E-state index contributed by atoms with van der Waals surface area (Å²) in [6.07, 6.45) is 1.84. The van der Waals surface area contributed by atoms with Gasteiger partial charge in [-0.3, -0.25) is 0 Å². The van der Waals surface area contributed by atoms with E-state index >= 15 is 0 Å². The molecule has 0 bridgehead atoms. The molecule has 0 fully saturated rings. The molecule has 2 aromatic carbocycles. The summed E-state index contributed by atoms with van der Waals surface area (Å²) in [7, 11) is 0. The molecule has 100 valence electrons. The molecule has 1 heterocycles. The predicted octanol–water partition coefficient (Wildman–Crippen LogP) is 3.53. The molecule has 1 N–H and O–H groups in total. The van der Waals surface area contributed by atoms with E-state index < -0.39 is 5.97 Å². The van der Waals surface area contributed by atoms with Crippen molar-refractivity contribution in [2.45, 2.75) is 6.54 Å². The molecule has 0 saturated heterocycles. The van der Waals surface area contributed by atoms with Crippen LogP contribution in [0.2, 0.25) is 0 Å². The van der Waals surface area contributed by atoms with E-state index in [9.17, 15) is 14.3 Å². The lowest BCUT2D eigenvalue weighted by molar-refractivity contribution is 0.0695. The van der Waals surface area contributed by atoms with Crippen LogP contribution in [0, 0.1) is 5.82 Å². The fourth-order valence-corrected chi connectivity index (χ4v) is 2.36. The minimum absolute atomic E-state index is 0.277. The first-order valence-corrected chi connectivity index (χ1v) is 6.21. The number of hydrogen-bond donors (Lipinski definition) is 1. The maximum absolute atomic E-state index is 13.2. The van der Waals surface area contributed by atoms with Crippen molar-refractivity contribution in [1.29, 1.82) is 0 Å². The average Bonchev–Trinajstić information content (AvgIpc) is 2.81. The van der Waals surface area contributed by atoms with Crippen LogP contribution in [0.5, 0.6) is 0 Å². The number of halogens is 1. The van der Waals surface area contributed by atoms with Crippen molar-refractivity contribution in [2.75, 3.05) is 0 Å². The zero-order valence-electron chi connectivity index (χ0n) is 10.6. The van der Waals surface area contributed by atoms with Gasteiger partial charge < -0.3 is 9.67 Å².